The van der Waals surface area contributed by atoms with Crippen molar-refractivity contribution in [3.63, 3.8) is 0 Å². The lowest BCUT2D eigenvalue weighted by Gasteiger charge is -2.34. The lowest BCUT2D eigenvalue weighted by Crippen LogP contribution is -2.42. The molecule has 1 aliphatic heterocycles. The number of anilines is 1. The van der Waals surface area contributed by atoms with Crippen molar-refractivity contribution in [2.75, 3.05) is 38.6 Å². The zero-order valence-electron chi connectivity index (χ0n) is 20.6. The first-order valence-corrected chi connectivity index (χ1v) is 11.8. The Hall–Kier alpha value is -2.96. The molecule has 1 N–H and O–H groups in total. The van der Waals surface area contributed by atoms with E-state index < -0.39 is 5.60 Å². The molecule has 7 nitrogen and oxygen atoms in total. The zero-order chi connectivity index (χ0) is 24.0. The molecule has 180 valence electrons. The van der Waals surface area contributed by atoms with Crippen LogP contribution in [0.1, 0.15) is 62.1 Å². The Kier molecular flexibility index (Phi) is 8.06. The number of nitrogens with one attached hydrogen (secondary N) is 1. The van der Waals surface area contributed by atoms with Gasteiger partial charge in [-0.05, 0) is 76.3 Å². The zero-order valence-corrected chi connectivity index (χ0v) is 20.6. The summed E-state index contributed by atoms with van der Waals surface area (Å²) >= 11 is 0. The van der Waals surface area contributed by atoms with E-state index in [9.17, 15) is 9.59 Å². The molecule has 0 unspecified atom stereocenters. The Morgan fingerprint density at radius 2 is 1.76 bits per heavy atom. The second-order valence-corrected chi connectivity index (χ2v) is 9.92. The van der Waals surface area contributed by atoms with Gasteiger partial charge in [-0.15, -0.1) is 0 Å². The van der Waals surface area contributed by atoms with E-state index in [0.29, 0.717) is 25.3 Å². The number of benzene rings is 1. The number of hydrogen-bond acceptors (Lipinski definition) is 4. The fourth-order valence-corrected chi connectivity index (χ4v) is 4.10. The third-order valence-corrected chi connectivity index (χ3v) is 5.90. The average Bonchev–Trinajstić information content (AvgIpc) is 3.26. The first-order chi connectivity index (χ1) is 15.6. The van der Waals surface area contributed by atoms with Crippen LogP contribution in [0.3, 0.4) is 0 Å². The number of piperidine rings is 1. The maximum atomic E-state index is 12.8. The first kappa shape index (κ1) is 24.7. The summed E-state index contributed by atoms with van der Waals surface area (Å²) in [5, 5.41) is 3.06. The minimum absolute atomic E-state index is 0.0440. The summed E-state index contributed by atoms with van der Waals surface area (Å²) in [6, 6.07) is 12.5. The van der Waals surface area contributed by atoms with Gasteiger partial charge in [0, 0.05) is 51.7 Å². The van der Waals surface area contributed by atoms with E-state index in [-0.39, 0.29) is 18.0 Å². The molecule has 0 spiro atoms. The number of aryl methyl sites for hydroxylation is 1. The van der Waals surface area contributed by atoms with Crippen molar-refractivity contribution in [2.45, 2.75) is 58.1 Å². The van der Waals surface area contributed by atoms with Gasteiger partial charge in [0.05, 0.1) is 0 Å². The van der Waals surface area contributed by atoms with Crippen LogP contribution in [0.25, 0.3) is 0 Å². The maximum absolute atomic E-state index is 12.8. The summed E-state index contributed by atoms with van der Waals surface area (Å²) in [6.07, 6.45) is 5.13. The summed E-state index contributed by atoms with van der Waals surface area (Å²) in [6.45, 7) is 7.53. The van der Waals surface area contributed by atoms with Gasteiger partial charge in [0.25, 0.3) is 5.91 Å². The summed E-state index contributed by atoms with van der Waals surface area (Å²) < 4.78 is 7.54. The number of carbonyl (C=O) groups is 2. The Labute approximate surface area is 197 Å². The highest BCUT2D eigenvalue weighted by atomic mass is 16.6. The Morgan fingerprint density at radius 3 is 2.36 bits per heavy atom. The quantitative estimate of drug-likeness (QED) is 0.626. The minimum Gasteiger partial charge on any atom is -0.444 e. The fraction of sp³-hybridized carbons (Fsp3) is 0.538. The predicted octanol–water partition coefficient (Wildman–Crippen LogP) is 4.49. The van der Waals surface area contributed by atoms with Crippen LogP contribution in [0.4, 0.5) is 10.5 Å². The predicted molar refractivity (Wildman–Crippen MR) is 132 cm³/mol. The highest BCUT2D eigenvalue weighted by Gasteiger charge is 2.28. The molecule has 0 bridgehead atoms. The van der Waals surface area contributed by atoms with Gasteiger partial charge in [-0.25, -0.2) is 4.79 Å². The summed E-state index contributed by atoms with van der Waals surface area (Å²) in [5.41, 5.74) is 2.65. The number of amides is 2. The van der Waals surface area contributed by atoms with Gasteiger partial charge in [-0.3, -0.25) is 4.79 Å². The molecular formula is C26H38N4O3. The largest absolute Gasteiger partial charge is 0.444 e. The van der Waals surface area contributed by atoms with Gasteiger partial charge in [-0.1, -0.05) is 12.1 Å². The molecule has 0 saturated carbocycles. The van der Waals surface area contributed by atoms with E-state index in [1.807, 2.05) is 53.2 Å². The number of hydrogen-bond donors (Lipinski definition) is 1. The molecule has 0 aliphatic carbocycles. The molecular weight excluding hydrogens is 416 g/mol. The normalized spacial score (nSPS) is 14.8. The molecule has 0 radical (unpaired) electrons. The second-order valence-electron chi connectivity index (χ2n) is 9.92. The molecule has 7 heteroatoms. The summed E-state index contributed by atoms with van der Waals surface area (Å²) in [5.74, 6) is -0.0440. The highest BCUT2D eigenvalue weighted by molar-refractivity contribution is 5.92. The van der Waals surface area contributed by atoms with E-state index >= 15 is 0 Å². The monoisotopic (exact) mass is 454 g/mol. The molecule has 1 aliphatic rings. The van der Waals surface area contributed by atoms with Crippen LogP contribution in [0, 0.1) is 0 Å². The molecule has 1 saturated heterocycles. The van der Waals surface area contributed by atoms with E-state index in [2.05, 4.69) is 39.0 Å². The SMILES string of the molecule is CN(C)c1ccc(CCCNC(=O)c2cccn2C2CCN(C(=O)OC(C)(C)C)CC2)cc1. The number of ether oxygens (including phenoxy) is 1. The van der Waals surface area contributed by atoms with E-state index in [1.165, 1.54) is 11.3 Å². The van der Waals surface area contributed by atoms with Gasteiger partial charge in [0.15, 0.2) is 0 Å². The van der Waals surface area contributed by atoms with Gasteiger partial charge in [0.2, 0.25) is 0 Å². The molecule has 1 aromatic heterocycles. The summed E-state index contributed by atoms with van der Waals surface area (Å²) in [7, 11) is 4.06. The van der Waals surface area contributed by atoms with Crippen LogP contribution in [0.15, 0.2) is 42.6 Å². The highest BCUT2D eigenvalue weighted by Crippen LogP contribution is 2.25. The Morgan fingerprint density at radius 1 is 1.09 bits per heavy atom. The number of likely N-dealkylation sites (tertiary alicyclic amines) is 1. The van der Waals surface area contributed by atoms with Gasteiger partial charge in [0.1, 0.15) is 11.3 Å². The van der Waals surface area contributed by atoms with Gasteiger partial charge in [-0.2, -0.15) is 0 Å². The van der Waals surface area contributed by atoms with Gasteiger partial charge < -0.3 is 24.4 Å². The number of aromatic nitrogens is 1. The van der Waals surface area contributed by atoms with Crippen LogP contribution >= 0.6 is 0 Å². The van der Waals surface area contributed by atoms with E-state index in [1.54, 1.807) is 4.90 Å². The van der Waals surface area contributed by atoms with Crippen LogP contribution in [0.2, 0.25) is 0 Å². The third kappa shape index (κ3) is 7.01. The lowest BCUT2D eigenvalue weighted by molar-refractivity contribution is 0.0187. The minimum atomic E-state index is -0.491. The standard InChI is InChI=1S/C26H38N4O3/c1-26(2,3)33-25(32)29-18-14-22(15-19-29)30-17-7-9-23(30)24(31)27-16-6-8-20-10-12-21(13-11-20)28(4)5/h7,9-13,17,22H,6,8,14-16,18-19H2,1-5H3,(H,27,31). The molecule has 2 amide bonds. The molecule has 2 heterocycles. The molecule has 2 aromatic rings. The Balaban J connectivity index is 1.46. The molecule has 1 fully saturated rings. The van der Waals surface area contributed by atoms with Crippen LogP contribution in [-0.4, -0.2) is 60.8 Å². The lowest BCUT2D eigenvalue weighted by atomic mass is 10.0. The van der Waals surface area contributed by atoms with Crippen molar-refractivity contribution < 1.29 is 14.3 Å². The molecule has 33 heavy (non-hydrogen) atoms. The smallest absolute Gasteiger partial charge is 0.410 e. The fourth-order valence-electron chi connectivity index (χ4n) is 4.10. The van der Waals surface area contributed by atoms with Gasteiger partial charge >= 0.3 is 6.09 Å². The molecule has 3 rings (SSSR count). The van der Waals surface area contributed by atoms with E-state index in [0.717, 1.165) is 25.7 Å². The first-order valence-electron chi connectivity index (χ1n) is 11.8. The molecule has 1 aromatic carbocycles. The van der Waals surface area contributed by atoms with Crippen LogP contribution < -0.4 is 10.2 Å². The third-order valence-electron chi connectivity index (χ3n) is 5.90. The van der Waals surface area contributed by atoms with Crippen molar-refractivity contribution >= 4 is 17.7 Å². The maximum Gasteiger partial charge on any atom is 0.410 e. The topological polar surface area (TPSA) is 66.8 Å². The van der Waals surface area contributed by atoms with E-state index in [4.69, 9.17) is 4.74 Å². The van der Waals surface area contributed by atoms with Crippen LogP contribution in [0.5, 0.6) is 0 Å². The average molecular weight is 455 g/mol. The molecule has 0 atom stereocenters. The van der Waals surface area contributed by atoms with Crippen molar-refractivity contribution in [3.8, 4) is 0 Å². The van der Waals surface area contributed by atoms with Crippen LogP contribution in [-0.2, 0) is 11.2 Å². The van der Waals surface area contributed by atoms with Crippen molar-refractivity contribution in [2.24, 2.45) is 0 Å². The van der Waals surface area contributed by atoms with Crippen molar-refractivity contribution in [3.05, 3.63) is 53.9 Å². The van der Waals surface area contributed by atoms with Crippen molar-refractivity contribution in [1.82, 2.24) is 14.8 Å². The second kappa shape index (κ2) is 10.8. The Bertz CT molecular complexity index is 920. The summed E-state index contributed by atoms with van der Waals surface area (Å²) in [4.78, 5) is 29.0. The number of carbonyl (C=O) groups excluding carboxylic acids is 2. The number of nitrogens with zero attached hydrogens (tertiary/aromatic N) is 3. The van der Waals surface area contributed by atoms with Crippen molar-refractivity contribution in [1.29, 1.82) is 0 Å². The number of rotatable bonds is 7.